The van der Waals surface area contributed by atoms with Gasteiger partial charge in [0.1, 0.15) is 12.8 Å². The molecule has 2 nitrogen and oxygen atoms in total. The lowest BCUT2D eigenvalue weighted by Crippen LogP contribution is -3.00. The van der Waals surface area contributed by atoms with Gasteiger partial charge in [-0.1, -0.05) is 0 Å². The highest BCUT2D eigenvalue weighted by Gasteiger charge is 2.03. The quantitative estimate of drug-likeness (QED) is 0.470. The van der Waals surface area contributed by atoms with Gasteiger partial charge in [0.2, 0.25) is 5.52 Å². The summed E-state index contributed by atoms with van der Waals surface area (Å²) in [4.78, 5) is 0. The molecule has 1 aromatic carbocycles. The first-order chi connectivity index (χ1) is 6.31. The van der Waals surface area contributed by atoms with Crippen LogP contribution in [0.15, 0.2) is 36.5 Å². The van der Waals surface area contributed by atoms with Crippen molar-refractivity contribution in [2.75, 3.05) is 7.11 Å². The molecule has 0 saturated heterocycles. The second kappa shape index (κ2) is 4.59. The Bertz CT molecular complexity index is 442. The fraction of sp³-hybridized carbons (Fsp3) is 0.182. The third-order valence-electron chi connectivity index (χ3n) is 2.20. The number of nitrogens with zero attached hydrogens (tertiary/aromatic N) is 1. The van der Waals surface area contributed by atoms with Crippen molar-refractivity contribution in [2.45, 2.75) is 0 Å². The van der Waals surface area contributed by atoms with E-state index < -0.39 is 0 Å². The first kappa shape index (κ1) is 11.2. The van der Waals surface area contributed by atoms with Crippen molar-refractivity contribution >= 4 is 10.9 Å². The molecule has 3 heteroatoms. The van der Waals surface area contributed by atoms with Crippen LogP contribution in [0, 0.1) is 0 Å². The number of pyridine rings is 1. The van der Waals surface area contributed by atoms with Crippen LogP contribution >= 0.6 is 0 Å². The van der Waals surface area contributed by atoms with E-state index in [2.05, 4.69) is 16.7 Å². The maximum atomic E-state index is 5.15. The number of hydrogen-bond donors (Lipinski definition) is 0. The Morgan fingerprint density at radius 3 is 2.71 bits per heavy atom. The third kappa shape index (κ3) is 1.97. The second-order valence-electron chi connectivity index (χ2n) is 3.04. The van der Waals surface area contributed by atoms with Gasteiger partial charge >= 0.3 is 0 Å². The molecular formula is C11H12INO. The highest BCUT2D eigenvalue weighted by Crippen LogP contribution is 2.17. The highest BCUT2D eigenvalue weighted by molar-refractivity contribution is 5.77. The number of hydrogen-bond acceptors (Lipinski definition) is 1. The first-order valence-electron chi connectivity index (χ1n) is 4.23. The van der Waals surface area contributed by atoms with Crippen LogP contribution in [0.4, 0.5) is 0 Å². The number of benzene rings is 1. The smallest absolute Gasteiger partial charge is 0.212 e. The topological polar surface area (TPSA) is 13.1 Å². The van der Waals surface area contributed by atoms with E-state index in [-0.39, 0.29) is 24.0 Å². The summed E-state index contributed by atoms with van der Waals surface area (Å²) >= 11 is 0. The Labute approximate surface area is 101 Å². The molecule has 0 aliphatic rings. The van der Waals surface area contributed by atoms with Gasteiger partial charge in [-0.25, -0.2) is 4.57 Å². The van der Waals surface area contributed by atoms with Crippen molar-refractivity contribution in [3.05, 3.63) is 36.5 Å². The van der Waals surface area contributed by atoms with Gasteiger partial charge in [-0.05, 0) is 18.2 Å². The molecule has 2 rings (SSSR count). The number of aryl methyl sites for hydroxylation is 1. The molecular weight excluding hydrogens is 289 g/mol. The lowest BCUT2D eigenvalue weighted by Gasteiger charge is -2.00. The molecule has 0 atom stereocenters. The van der Waals surface area contributed by atoms with Crippen molar-refractivity contribution in [2.24, 2.45) is 7.05 Å². The number of rotatable bonds is 1. The van der Waals surface area contributed by atoms with Gasteiger partial charge in [0.15, 0.2) is 6.20 Å². The van der Waals surface area contributed by atoms with E-state index in [1.54, 1.807) is 7.11 Å². The van der Waals surface area contributed by atoms with Crippen LogP contribution < -0.4 is 33.3 Å². The molecule has 0 radical (unpaired) electrons. The molecule has 14 heavy (non-hydrogen) atoms. The second-order valence-corrected chi connectivity index (χ2v) is 3.04. The number of ether oxygens (including phenoxy) is 1. The number of fused-ring (bicyclic) bond motifs is 1. The van der Waals surface area contributed by atoms with Gasteiger partial charge in [0.05, 0.1) is 12.5 Å². The minimum absolute atomic E-state index is 0. The fourth-order valence-corrected chi connectivity index (χ4v) is 1.47. The lowest BCUT2D eigenvalue weighted by atomic mass is 10.2. The van der Waals surface area contributed by atoms with Gasteiger partial charge in [0, 0.05) is 12.1 Å². The highest BCUT2D eigenvalue weighted by atomic mass is 127. The zero-order chi connectivity index (χ0) is 9.26. The zero-order valence-corrected chi connectivity index (χ0v) is 10.4. The average molecular weight is 301 g/mol. The Morgan fingerprint density at radius 1 is 1.21 bits per heavy atom. The minimum atomic E-state index is 0. The van der Waals surface area contributed by atoms with E-state index in [0.717, 1.165) is 5.75 Å². The Balaban J connectivity index is 0.000000980. The SMILES string of the molecule is COc1ccc2c(ccc[n+]2C)c1.[I-]. The van der Waals surface area contributed by atoms with Gasteiger partial charge < -0.3 is 28.7 Å². The summed E-state index contributed by atoms with van der Waals surface area (Å²) in [6, 6.07) is 10.2. The molecule has 2 aromatic rings. The summed E-state index contributed by atoms with van der Waals surface area (Å²) < 4.78 is 7.24. The van der Waals surface area contributed by atoms with Gasteiger partial charge in [0.25, 0.3) is 0 Å². The maximum Gasteiger partial charge on any atom is 0.212 e. The molecule has 0 bridgehead atoms. The average Bonchev–Trinajstić information content (AvgIpc) is 2.18. The Hall–Kier alpha value is -0.840. The van der Waals surface area contributed by atoms with Crippen LogP contribution in [0.25, 0.3) is 10.9 Å². The number of halogens is 1. The van der Waals surface area contributed by atoms with E-state index in [9.17, 15) is 0 Å². The van der Waals surface area contributed by atoms with E-state index >= 15 is 0 Å². The van der Waals surface area contributed by atoms with E-state index in [1.165, 1.54) is 10.9 Å². The molecule has 0 aliphatic carbocycles. The van der Waals surface area contributed by atoms with Crippen molar-refractivity contribution in [3.8, 4) is 5.75 Å². The molecule has 0 amide bonds. The molecule has 0 unspecified atom stereocenters. The number of aromatic nitrogens is 1. The zero-order valence-electron chi connectivity index (χ0n) is 8.20. The number of methoxy groups -OCH3 is 1. The molecule has 0 spiro atoms. The van der Waals surface area contributed by atoms with Crippen molar-refractivity contribution in [3.63, 3.8) is 0 Å². The van der Waals surface area contributed by atoms with Crippen LogP contribution in [-0.2, 0) is 7.05 Å². The van der Waals surface area contributed by atoms with Crippen LogP contribution in [-0.4, -0.2) is 7.11 Å². The van der Waals surface area contributed by atoms with Crippen molar-refractivity contribution in [1.29, 1.82) is 0 Å². The first-order valence-corrected chi connectivity index (χ1v) is 4.23. The van der Waals surface area contributed by atoms with E-state index in [4.69, 9.17) is 4.74 Å². The van der Waals surface area contributed by atoms with Crippen LogP contribution in [0.2, 0.25) is 0 Å². The summed E-state index contributed by atoms with van der Waals surface area (Å²) in [5.41, 5.74) is 1.21. The molecule has 0 saturated carbocycles. The third-order valence-corrected chi connectivity index (χ3v) is 2.20. The van der Waals surface area contributed by atoms with Crippen molar-refractivity contribution < 1.29 is 33.3 Å². The molecule has 0 fully saturated rings. The van der Waals surface area contributed by atoms with Gasteiger partial charge in [-0.3, -0.25) is 0 Å². The minimum Gasteiger partial charge on any atom is -1.00 e. The van der Waals surface area contributed by atoms with Crippen LogP contribution in [0.5, 0.6) is 5.75 Å². The predicted molar refractivity (Wildman–Crippen MR) is 51.7 cm³/mol. The standard InChI is InChI=1S/C11H12NO.HI/c1-12-7-3-4-9-8-10(13-2)5-6-11(9)12;/h3-8H,1-2H3;1H/q+1;/p-1. The summed E-state index contributed by atoms with van der Waals surface area (Å²) in [5, 5.41) is 1.20. The normalized spacial score (nSPS) is 9.57. The molecule has 0 aliphatic heterocycles. The molecule has 0 N–H and O–H groups in total. The van der Waals surface area contributed by atoms with E-state index in [0.29, 0.717) is 0 Å². The van der Waals surface area contributed by atoms with Crippen molar-refractivity contribution in [1.82, 2.24) is 0 Å². The van der Waals surface area contributed by atoms with E-state index in [1.807, 2.05) is 31.4 Å². The largest absolute Gasteiger partial charge is 1.00 e. The Kier molecular flexibility index (Phi) is 3.69. The van der Waals surface area contributed by atoms with Crippen LogP contribution in [0.1, 0.15) is 0 Å². The molecule has 1 heterocycles. The van der Waals surface area contributed by atoms with Gasteiger partial charge in [-0.15, -0.1) is 0 Å². The maximum absolute atomic E-state index is 5.15. The fourth-order valence-electron chi connectivity index (χ4n) is 1.47. The van der Waals surface area contributed by atoms with Crippen LogP contribution in [0.3, 0.4) is 0 Å². The summed E-state index contributed by atoms with van der Waals surface area (Å²) in [6.07, 6.45) is 2.04. The summed E-state index contributed by atoms with van der Waals surface area (Å²) in [5.74, 6) is 0.902. The Morgan fingerprint density at radius 2 is 2.00 bits per heavy atom. The summed E-state index contributed by atoms with van der Waals surface area (Å²) in [7, 11) is 3.72. The molecule has 74 valence electrons. The van der Waals surface area contributed by atoms with Gasteiger partial charge in [-0.2, -0.15) is 0 Å². The monoisotopic (exact) mass is 301 g/mol. The molecule has 1 aromatic heterocycles. The summed E-state index contributed by atoms with van der Waals surface area (Å²) in [6.45, 7) is 0. The lowest BCUT2D eigenvalue weighted by molar-refractivity contribution is -0.644. The predicted octanol–water partition coefficient (Wildman–Crippen LogP) is -1.32.